The number of hydrogen-bond donors (Lipinski definition) is 0. The maximum atomic E-state index is 4.78. The van der Waals surface area contributed by atoms with Crippen molar-refractivity contribution in [3.8, 4) is 0 Å². The molecule has 0 amide bonds. The zero-order chi connectivity index (χ0) is 9.26. The molecule has 0 aromatic heterocycles. The van der Waals surface area contributed by atoms with E-state index in [1.165, 1.54) is 25.1 Å². The lowest BCUT2D eigenvalue weighted by molar-refractivity contribution is 0.213. The summed E-state index contributed by atoms with van der Waals surface area (Å²) in [5.74, 6) is 0.755. The van der Waals surface area contributed by atoms with Crippen LogP contribution in [0.1, 0.15) is 13.3 Å². The Kier molecular flexibility index (Phi) is 2.36. The van der Waals surface area contributed by atoms with E-state index in [2.05, 4.69) is 16.1 Å². The predicted molar refractivity (Wildman–Crippen MR) is 52.7 cm³/mol. The van der Waals surface area contributed by atoms with Crippen LogP contribution < -0.4 is 0 Å². The van der Waals surface area contributed by atoms with Gasteiger partial charge in [-0.15, -0.1) is 0 Å². The van der Waals surface area contributed by atoms with E-state index >= 15 is 0 Å². The summed E-state index contributed by atoms with van der Waals surface area (Å²) in [5.41, 5.74) is 2.37. The molecule has 0 N–H and O–H groups in total. The summed E-state index contributed by atoms with van der Waals surface area (Å²) in [4.78, 5) is 7.26. The van der Waals surface area contributed by atoms with Gasteiger partial charge in [0.1, 0.15) is 7.11 Å². The summed E-state index contributed by atoms with van der Waals surface area (Å²) in [6.07, 6.45) is 3.67. The van der Waals surface area contributed by atoms with Crippen molar-refractivity contribution < 1.29 is 4.84 Å². The maximum Gasteiger partial charge on any atom is 0.106 e. The zero-order valence-corrected chi connectivity index (χ0v) is 8.29. The van der Waals surface area contributed by atoms with Crippen LogP contribution in [-0.2, 0) is 4.84 Å². The molecule has 0 aromatic rings. The Bertz CT molecular complexity index is 258. The van der Waals surface area contributed by atoms with Gasteiger partial charge in [-0.1, -0.05) is 11.2 Å². The summed E-state index contributed by atoms with van der Waals surface area (Å²) in [6, 6.07) is 0. The lowest BCUT2D eigenvalue weighted by Gasteiger charge is -2.22. The monoisotopic (exact) mass is 180 g/mol. The molecular formula is C10H16N2O. The van der Waals surface area contributed by atoms with Crippen LogP contribution in [0.5, 0.6) is 0 Å². The van der Waals surface area contributed by atoms with Gasteiger partial charge in [-0.3, -0.25) is 4.90 Å². The minimum absolute atomic E-state index is 0.755. The SMILES string of the molecule is CO/N=C(\C)C1=CC2CCN(C1)C2. The van der Waals surface area contributed by atoms with Crippen molar-refractivity contribution in [3.05, 3.63) is 11.6 Å². The number of hydrogen-bond acceptors (Lipinski definition) is 3. The van der Waals surface area contributed by atoms with Crippen molar-refractivity contribution in [3.63, 3.8) is 0 Å². The van der Waals surface area contributed by atoms with E-state index in [4.69, 9.17) is 4.84 Å². The topological polar surface area (TPSA) is 24.8 Å². The largest absolute Gasteiger partial charge is 0.399 e. The summed E-state index contributed by atoms with van der Waals surface area (Å²) < 4.78 is 0. The van der Waals surface area contributed by atoms with Crippen molar-refractivity contribution in [2.75, 3.05) is 26.7 Å². The third kappa shape index (κ3) is 1.75. The van der Waals surface area contributed by atoms with Gasteiger partial charge < -0.3 is 4.84 Å². The standard InChI is InChI=1S/C10H16N2O/c1-8(11-13-2)10-5-9-3-4-12(6-9)7-10/h5,9H,3-4,6-7H2,1-2H3/b11-8+. The fraction of sp³-hybridized carbons (Fsp3) is 0.700. The lowest BCUT2D eigenvalue weighted by atomic mass is 10.0. The number of fused-ring (bicyclic) bond motifs is 2. The molecule has 0 spiro atoms. The van der Waals surface area contributed by atoms with E-state index in [0.29, 0.717) is 0 Å². The second kappa shape index (κ2) is 3.50. The molecular weight excluding hydrogens is 164 g/mol. The van der Waals surface area contributed by atoms with Gasteiger partial charge in [0.2, 0.25) is 0 Å². The normalized spacial score (nSPS) is 33.1. The van der Waals surface area contributed by atoms with Gasteiger partial charge in [-0.25, -0.2) is 0 Å². The number of oxime groups is 1. The van der Waals surface area contributed by atoms with Crippen LogP contribution in [0.15, 0.2) is 16.8 Å². The third-order valence-electron chi connectivity index (χ3n) is 2.83. The molecule has 3 nitrogen and oxygen atoms in total. The van der Waals surface area contributed by atoms with Crippen LogP contribution in [-0.4, -0.2) is 37.4 Å². The maximum absolute atomic E-state index is 4.78. The highest BCUT2D eigenvalue weighted by molar-refractivity contribution is 5.98. The molecule has 13 heavy (non-hydrogen) atoms. The molecule has 0 aromatic carbocycles. The van der Waals surface area contributed by atoms with Crippen molar-refractivity contribution in [1.82, 2.24) is 4.90 Å². The van der Waals surface area contributed by atoms with Crippen molar-refractivity contribution in [1.29, 1.82) is 0 Å². The first kappa shape index (κ1) is 8.75. The molecule has 2 aliphatic rings. The van der Waals surface area contributed by atoms with Gasteiger partial charge in [0.05, 0.1) is 5.71 Å². The molecule has 0 saturated carbocycles. The Balaban J connectivity index is 2.12. The molecule has 3 heteroatoms. The van der Waals surface area contributed by atoms with Crippen LogP contribution in [0, 0.1) is 5.92 Å². The lowest BCUT2D eigenvalue weighted by Crippen LogP contribution is -2.28. The summed E-state index contributed by atoms with van der Waals surface area (Å²) in [5, 5.41) is 3.97. The Morgan fingerprint density at radius 2 is 2.54 bits per heavy atom. The van der Waals surface area contributed by atoms with Gasteiger partial charge >= 0.3 is 0 Å². The van der Waals surface area contributed by atoms with Crippen molar-refractivity contribution in [2.24, 2.45) is 11.1 Å². The molecule has 2 heterocycles. The van der Waals surface area contributed by atoms with E-state index in [1.807, 2.05) is 6.92 Å². The molecule has 72 valence electrons. The van der Waals surface area contributed by atoms with Gasteiger partial charge in [-0.2, -0.15) is 0 Å². The zero-order valence-electron chi connectivity index (χ0n) is 8.29. The minimum Gasteiger partial charge on any atom is -0.399 e. The molecule has 1 saturated heterocycles. The molecule has 2 atom stereocenters. The van der Waals surface area contributed by atoms with Crippen molar-refractivity contribution in [2.45, 2.75) is 13.3 Å². The first-order valence-corrected chi connectivity index (χ1v) is 4.81. The first-order chi connectivity index (χ1) is 6.29. The highest BCUT2D eigenvalue weighted by Gasteiger charge is 2.27. The smallest absolute Gasteiger partial charge is 0.106 e. The fourth-order valence-corrected chi connectivity index (χ4v) is 2.15. The van der Waals surface area contributed by atoms with E-state index in [0.717, 1.165) is 18.2 Å². The van der Waals surface area contributed by atoms with Crippen LogP contribution in [0.3, 0.4) is 0 Å². The van der Waals surface area contributed by atoms with Gasteiger partial charge in [-0.05, 0) is 31.4 Å². The highest BCUT2D eigenvalue weighted by Crippen LogP contribution is 2.25. The summed E-state index contributed by atoms with van der Waals surface area (Å²) in [7, 11) is 1.60. The molecule has 0 aliphatic carbocycles. The Morgan fingerprint density at radius 3 is 3.23 bits per heavy atom. The fourth-order valence-electron chi connectivity index (χ4n) is 2.15. The van der Waals surface area contributed by atoms with E-state index in [-0.39, 0.29) is 0 Å². The molecule has 1 fully saturated rings. The average molecular weight is 180 g/mol. The Labute approximate surface area is 79.0 Å². The van der Waals surface area contributed by atoms with Crippen LogP contribution in [0.25, 0.3) is 0 Å². The molecule has 2 bridgehead atoms. The van der Waals surface area contributed by atoms with Crippen LogP contribution in [0.2, 0.25) is 0 Å². The van der Waals surface area contributed by atoms with Gasteiger partial charge in [0.15, 0.2) is 0 Å². The first-order valence-electron chi connectivity index (χ1n) is 4.81. The number of rotatable bonds is 2. The van der Waals surface area contributed by atoms with Crippen LogP contribution in [0.4, 0.5) is 0 Å². The quantitative estimate of drug-likeness (QED) is 0.472. The highest BCUT2D eigenvalue weighted by atomic mass is 16.6. The Morgan fingerprint density at radius 1 is 1.69 bits per heavy atom. The molecule has 2 aliphatic heterocycles. The van der Waals surface area contributed by atoms with E-state index < -0.39 is 0 Å². The second-order valence-corrected chi connectivity index (χ2v) is 3.84. The Hall–Kier alpha value is -0.830. The molecule has 2 rings (SSSR count). The minimum atomic E-state index is 0.755. The van der Waals surface area contributed by atoms with Crippen molar-refractivity contribution >= 4 is 5.71 Å². The van der Waals surface area contributed by atoms with Gasteiger partial charge in [0, 0.05) is 13.1 Å². The second-order valence-electron chi connectivity index (χ2n) is 3.84. The van der Waals surface area contributed by atoms with Crippen LogP contribution >= 0.6 is 0 Å². The summed E-state index contributed by atoms with van der Waals surface area (Å²) >= 11 is 0. The number of nitrogens with zero attached hydrogens (tertiary/aromatic N) is 2. The van der Waals surface area contributed by atoms with Gasteiger partial charge in [0.25, 0.3) is 0 Å². The van der Waals surface area contributed by atoms with E-state index in [1.54, 1.807) is 7.11 Å². The molecule has 0 radical (unpaired) electrons. The third-order valence-corrected chi connectivity index (χ3v) is 2.83. The summed E-state index contributed by atoms with van der Waals surface area (Å²) in [6.45, 7) is 5.55. The predicted octanol–water partition coefficient (Wildman–Crippen LogP) is 1.27. The average Bonchev–Trinajstić information content (AvgIpc) is 2.46. The van der Waals surface area contributed by atoms with E-state index in [9.17, 15) is 0 Å². The molecule has 2 unspecified atom stereocenters.